The molecule has 2 rings (SSSR count). The number of allylic oxidation sites excluding steroid dienone is 1. The Morgan fingerprint density at radius 3 is 3.06 bits per heavy atom. The van der Waals surface area contributed by atoms with E-state index < -0.39 is 5.97 Å². The number of hydrogen-bond donors (Lipinski definition) is 0. The summed E-state index contributed by atoms with van der Waals surface area (Å²) in [6, 6.07) is 5.14. The second kappa shape index (κ2) is 5.58. The van der Waals surface area contributed by atoms with Crippen molar-refractivity contribution in [2.45, 2.75) is 32.3 Å². The van der Waals surface area contributed by atoms with E-state index in [4.69, 9.17) is 4.74 Å². The highest BCUT2D eigenvalue weighted by Crippen LogP contribution is 2.29. The number of esters is 1. The van der Waals surface area contributed by atoms with E-state index in [0.29, 0.717) is 12.0 Å². The molecule has 18 heavy (non-hydrogen) atoms. The van der Waals surface area contributed by atoms with Gasteiger partial charge in [0.1, 0.15) is 11.8 Å². The van der Waals surface area contributed by atoms with E-state index in [1.165, 1.54) is 0 Å². The molecular formula is C14H15NO3. The molecule has 0 radical (unpaired) electrons. The van der Waals surface area contributed by atoms with Crippen LogP contribution in [-0.2, 0) is 11.2 Å². The summed E-state index contributed by atoms with van der Waals surface area (Å²) in [7, 11) is 0. The molecule has 0 saturated carbocycles. The Hall–Kier alpha value is -1.97. The maximum atomic E-state index is 12.0. The number of carbonyl (C=O) groups is 1. The third-order valence-electron chi connectivity index (χ3n) is 3.08. The van der Waals surface area contributed by atoms with Gasteiger partial charge in [-0.1, -0.05) is 24.3 Å². The van der Waals surface area contributed by atoms with Gasteiger partial charge < -0.3 is 4.74 Å². The zero-order valence-corrected chi connectivity index (χ0v) is 10.3. The van der Waals surface area contributed by atoms with Crippen LogP contribution >= 0.6 is 0 Å². The summed E-state index contributed by atoms with van der Waals surface area (Å²) in [6.45, 7) is 1.93. The number of fused-ring (bicyclic) bond motifs is 1. The fourth-order valence-electron chi connectivity index (χ4n) is 2.15. The van der Waals surface area contributed by atoms with Crippen LogP contribution < -0.4 is 0 Å². The van der Waals surface area contributed by atoms with Gasteiger partial charge in [0.05, 0.1) is 5.56 Å². The first-order valence-electron chi connectivity index (χ1n) is 6.03. The summed E-state index contributed by atoms with van der Waals surface area (Å²) in [5, 5.41) is 2.90. The lowest BCUT2D eigenvalue weighted by Crippen LogP contribution is -2.15. The molecule has 0 aliphatic carbocycles. The van der Waals surface area contributed by atoms with Crippen LogP contribution in [0.5, 0.6) is 0 Å². The Bertz CT molecular complexity index is 494. The van der Waals surface area contributed by atoms with E-state index in [1.807, 2.05) is 25.1 Å². The van der Waals surface area contributed by atoms with Crippen LogP contribution in [0.15, 0.2) is 35.5 Å². The summed E-state index contributed by atoms with van der Waals surface area (Å²) in [6.07, 6.45) is 6.00. The molecule has 1 aromatic rings. The van der Waals surface area contributed by atoms with Crippen LogP contribution in [0.1, 0.15) is 35.7 Å². The first kappa shape index (κ1) is 12.5. The van der Waals surface area contributed by atoms with E-state index in [-0.39, 0.29) is 11.8 Å². The van der Waals surface area contributed by atoms with Crippen molar-refractivity contribution < 1.29 is 9.53 Å². The van der Waals surface area contributed by atoms with Gasteiger partial charge in [0, 0.05) is 6.42 Å². The molecule has 0 spiro atoms. The van der Waals surface area contributed by atoms with Gasteiger partial charge in [-0.2, -0.15) is 0 Å². The standard InChI is InChI=1S/C14H15NO3/c1-2-3-6-11-9-8-10-5-4-7-12(15-17)13(10)14(16)18-11/h2-5,7,11H,6,8-9H2,1H3/b3-2+. The molecule has 1 aliphatic rings. The summed E-state index contributed by atoms with van der Waals surface area (Å²) < 4.78 is 5.39. The van der Waals surface area contributed by atoms with Crippen molar-refractivity contribution in [2.75, 3.05) is 0 Å². The summed E-state index contributed by atoms with van der Waals surface area (Å²) in [5.74, 6) is -0.438. The van der Waals surface area contributed by atoms with Gasteiger partial charge in [-0.25, -0.2) is 4.79 Å². The number of rotatable bonds is 3. The molecule has 0 bridgehead atoms. The van der Waals surface area contributed by atoms with Crippen molar-refractivity contribution in [3.63, 3.8) is 0 Å². The van der Waals surface area contributed by atoms with Crippen LogP contribution in [0.3, 0.4) is 0 Å². The van der Waals surface area contributed by atoms with Gasteiger partial charge in [-0.15, -0.1) is 4.91 Å². The smallest absolute Gasteiger partial charge is 0.341 e. The van der Waals surface area contributed by atoms with Gasteiger partial charge in [0.15, 0.2) is 0 Å². The number of cyclic esters (lactones) is 1. The lowest BCUT2D eigenvalue weighted by Gasteiger charge is -2.12. The fourth-order valence-corrected chi connectivity index (χ4v) is 2.15. The molecule has 1 unspecified atom stereocenters. The number of nitrogens with zero attached hydrogens (tertiary/aromatic N) is 1. The molecule has 0 N–H and O–H groups in total. The highest BCUT2D eigenvalue weighted by Gasteiger charge is 2.25. The molecule has 94 valence electrons. The van der Waals surface area contributed by atoms with E-state index in [0.717, 1.165) is 18.4 Å². The van der Waals surface area contributed by atoms with Crippen molar-refractivity contribution in [1.82, 2.24) is 0 Å². The van der Waals surface area contributed by atoms with E-state index in [9.17, 15) is 9.70 Å². The Morgan fingerprint density at radius 2 is 2.33 bits per heavy atom. The largest absolute Gasteiger partial charge is 0.458 e. The summed E-state index contributed by atoms with van der Waals surface area (Å²) in [4.78, 5) is 22.7. The second-order valence-corrected chi connectivity index (χ2v) is 4.27. The van der Waals surface area contributed by atoms with Gasteiger partial charge in [-0.05, 0) is 36.6 Å². The van der Waals surface area contributed by atoms with Gasteiger partial charge >= 0.3 is 5.97 Å². The molecule has 1 atom stereocenters. The minimum atomic E-state index is -0.438. The van der Waals surface area contributed by atoms with Gasteiger partial charge in [0.2, 0.25) is 0 Å². The predicted molar refractivity (Wildman–Crippen MR) is 68.9 cm³/mol. The number of benzene rings is 1. The van der Waals surface area contributed by atoms with Gasteiger partial charge in [-0.3, -0.25) is 0 Å². The fraction of sp³-hybridized carbons (Fsp3) is 0.357. The number of ether oxygens (including phenoxy) is 1. The Kier molecular flexibility index (Phi) is 3.87. The minimum Gasteiger partial charge on any atom is -0.458 e. The summed E-state index contributed by atoms with van der Waals surface area (Å²) in [5.41, 5.74) is 1.35. The van der Waals surface area contributed by atoms with Crippen LogP contribution in [0.2, 0.25) is 0 Å². The molecule has 4 heteroatoms. The minimum absolute atomic E-state index is 0.124. The highest BCUT2D eigenvalue weighted by molar-refractivity contribution is 5.96. The second-order valence-electron chi connectivity index (χ2n) is 4.27. The molecule has 1 aliphatic heterocycles. The molecule has 0 aromatic heterocycles. The maximum absolute atomic E-state index is 12.0. The Labute approximate surface area is 106 Å². The SMILES string of the molecule is C/C=C/CC1CCc2cccc(N=O)c2C(=O)O1. The third-order valence-corrected chi connectivity index (χ3v) is 3.08. The maximum Gasteiger partial charge on any atom is 0.341 e. The number of carbonyl (C=O) groups excluding carboxylic acids is 1. The van der Waals surface area contributed by atoms with Crippen LogP contribution in [0.25, 0.3) is 0 Å². The average Bonchev–Trinajstić information content (AvgIpc) is 2.56. The number of nitroso groups, excluding NO2 is 1. The van der Waals surface area contributed by atoms with Crippen molar-refractivity contribution >= 4 is 11.7 Å². The molecule has 4 nitrogen and oxygen atoms in total. The van der Waals surface area contributed by atoms with Gasteiger partial charge in [0.25, 0.3) is 0 Å². The highest BCUT2D eigenvalue weighted by atomic mass is 16.5. The topological polar surface area (TPSA) is 55.7 Å². The van der Waals surface area contributed by atoms with Crippen molar-refractivity contribution in [3.05, 3.63) is 46.4 Å². The van der Waals surface area contributed by atoms with E-state index in [1.54, 1.807) is 12.1 Å². The zero-order chi connectivity index (χ0) is 13.0. The van der Waals surface area contributed by atoms with Crippen molar-refractivity contribution in [1.29, 1.82) is 0 Å². The van der Waals surface area contributed by atoms with Crippen molar-refractivity contribution in [2.24, 2.45) is 5.18 Å². The lowest BCUT2D eigenvalue weighted by molar-refractivity contribution is 0.0311. The lowest BCUT2D eigenvalue weighted by atomic mass is 10.0. The average molecular weight is 245 g/mol. The molecule has 0 fully saturated rings. The summed E-state index contributed by atoms with van der Waals surface area (Å²) >= 11 is 0. The van der Waals surface area contributed by atoms with E-state index in [2.05, 4.69) is 5.18 Å². The molecule has 1 aromatic carbocycles. The molecule has 1 heterocycles. The monoisotopic (exact) mass is 245 g/mol. The predicted octanol–water partition coefficient (Wildman–Crippen LogP) is 3.52. The number of hydrogen-bond acceptors (Lipinski definition) is 4. The van der Waals surface area contributed by atoms with E-state index >= 15 is 0 Å². The third kappa shape index (κ3) is 2.47. The first-order valence-corrected chi connectivity index (χ1v) is 6.03. The molecular weight excluding hydrogens is 230 g/mol. The van der Waals surface area contributed by atoms with Crippen LogP contribution in [-0.4, -0.2) is 12.1 Å². The Morgan fingerprint density at radius 1 is 1.50 bits per heavy atom. The quantitative estimate of drug-likeness (QED) is 0.465. The van der Waals surface area contributed by atoms with Crippen LogP contribution in [0.4, 0.5) is 5.69 Å². The number of aryl methyl sites for hydroxylation is 1. The normalized spacial score (nSPS) is 19.2. The molecule has 0 saturated heterocycles. The first-order chi connectivity index (χ1) is 8.76. The van der Waals surface area contributed by atoms with Crippen molar-refractivity contribution in [3.8, 4) is 0 Å². The zero-order valence-electron chi connectivity index (χ0n) is 10.3. The molecule has 0 amide bonds. The van der Waals surface area contributed by atoms with Crippen LogP contribution in [0, 0.1) is 4.91 Å². The Balaban J connectivity index is 2.29.